The summed E-state index contributed by atoms with van der Waals surface area (Å²) in [6.07, 6.45) is 2.96. The highest BCUT2D eigenvalue weighted by Crippen LogP contribution is 2.43. The fourth-order valence-corrected chi connectivity index (χ4v) is 5.53. The zero-order chi connectivity index (χ0) is 28.8. The molecule has 2 aromatic heterocycles. The Labute approximate surface area is 232 Å². The fourth-order valence-electron chi connectivity index (χ4n) is 5.02. The number of sulfone groups is 1. The summed E-state index contributed by atoms with van der Waals surface area (Å²) in [4.78, 5) is 28.7. The number of hydrogen-bond acceptors (Lipinski definition) is 7. The fraction of sp³-hybridized carbons (Fsp3) is 0.310. The summed E-state index contributed by atoms with van der Waals surface area (Å²) in [5.41, 5.74) is 8.76. The van der Waals surface area contributed by atoms with E-state index in [4.69, 9.17) is 4.74 Å². The van der Waals surface area contributed by atoms with Crippen LogP contribution in [-0.4, -0.2) is 49.0 Å². The number of aryl methyl sites for hydroxylation is 3. The van der Waals surface area contributed by atoms with Crippen molar-refractivity contribution in [2.75, 3.05) is 30.1 Å². The van der Waals surface area contributed by atoms with Crippen molar-refractivity contribution < 1.29 is 17.9 Å². The number of pyridine rings is 1. The number of anilines is 1. The van der Waals surface area contributed by atoms with E-state index in [0.717, 1.165) is 28.1 Å². The van der Waals surface area contributed by atoms with Crippen molar-refractivity contribution in [1.82, 2.24) is 20.3 Å². The summed E-state index contributed by atoms with van der Waals surface area (Å²) >= 11 is 0. The minimum atomic E-state index is -3.17. The molecule has 210 valence electrons. The summed E-state index contributed by atoms with van der Waals surface area (Å²) < 4.78 is 31.8. The predicted molar refractivity (Wildman–Crippen MR) is 157 cm³/mol. The SMILES string of the molecule is CCNC(=O)c1cc2c(-c3cc4c(cc3Oc3c(C)cccc3C)CNN4CCS(C)(=O)=O)cn(C)c(=O)c2[nH]1. The van der Waals surface area contributed by atoms with E-state index in [2.05, 4.69) is 15.7 Å². The molecule has 0 spiro atoms. The first-order valence-electron chi connectivity index (χ1n) is 13.1. The molecule has 3 heterocycles. The highest BCUT2D eigenvalue weighted by atomic mass is 32.2. The van der Waals surface area contributed by atoms with Crippen LogP contribution in [0.3, 0.4) is 0 Å². The number of hydrazine groups is 1. The number of carbonyl (C=O) groups excluding carboxylic acids is 1. The zero-order valence-corrected chi connectivity index (χ0v) is 24.0. The van der Waals surface area contributed by atoms with Crippen LogP contribution in [0, 0.1) is 13.8 Å². The third-order valence-corrected chi connectivity index (χ3v) is 8.00. The van der Waals surface area contributed by atoms with Crippen LogP contribution in [0.25, 0.3) is 22.0 Å². The third kappa shape index (κ3) is 5.22. The third-order valence-electron chi connectivity index (χ3n) is 7.08. The summed E-state index contributed by atoms with van der Waals surface area (Å²) in [5, 5.41) is 5.19. The standard InChI is InChI=1S/C29H33N5O5S/c1-6-30-28(35)23-13-21-22(16-33(4)29(36)26(21)32-23)20-14-24-19(15-31-34(24)10-11-40(5,37)38)12-25(20)39-27-17(2)8-7-9-18(27)3/h7-9,12-14,16,31-32H,6,10-11,15H2,1-5H3,(H,30,35). The van der Waals surface area contributed by atoms with Gasteiger partial charge in [0, 0.05) is 55.6 Å². The van der Waals surface area contributed by atoms with Gasteiger partial charge < -0.3 is 24.6 Å². The van der Waals surface area contributed by atoms with Gasteiger partial charge in [0.1, 0.15) is 32.5 Å². The average molecular weight is 564 g/mol. The lowest BCUT2D eigenvalue weighted by atomic mass is 9.99. The van der Waals surface area contributed by atoms with Gasteiger partial charge in [-0.05, 0) is 55.7 Å². The number of aromatic amines is 1. The number of amides is 1. The molecule has 40 heavy (non-hydrogen) atoms. The van der Waals surface area contributed by atoms with Gasteiger partial charge in [-0.1, -0.05) is 18.2 Å². The van der Waals surface area contributed by atoms with E-state index in [1.165, 1.54) is 10.8 Å². The molecule has 1 aliphatic heterocycles. The van der Waals surface area contributed by atoms with Gasteiger partial charge in [0.15, 0.2) is 0 Å². The number of H-pyrrole nitrogens is 1. The molecule has 0 unspecified atom stereocenters. The molecule has 11 heteroatoms. The van der Waals surface area contributed by atoms with Crippen LogP contribution in [0.4, 0.5) is 5.69 Å². The molecule has 0 atom stereocenters. The highest BCUT2D eigenvalue weighted by Gasteiger charge is 2.26. The molecule has 5 rings (SSSR count). The van der Waals surface area contributed by atoms with Gasteiger partial charge in [-0.3, -0.25) is 9.59 Å². The molecule has 3 N–H and O–H groups in total. The zero-order valence-electron chi connectivity index (χ0n) is 23.2. The minimum Gasteiger partial charge on any atom is -0.456 e. The molecule has 0 saturated heterocycles. The quantitative estimate of drug-likeness (QED) is 0.299. The van der Waals surface area contributed by atoms with Crippen LogP contribution in [0.15, 0.2) is 47.4 Å². The minimum absolute atomic E-state index is 0.00672. The van der Waals surface area contributed by atoms with E-state index in [1.807, 2.05) is 56.1 Å². The van der Waals surface area contributed by atoms with Crippen molar-refractivity contribution in [3.8, 4) is 22.6 Å². The molecule has 1 amide bonds. The smallest absolute Gasteiger partial charge is 0.274 e. The van der Waals surface area contributed by atoms with Crippen molar-refractivity contribution in [2.24, 2.45) is 7.05 Å². The van der Waals surface area contributed by atoms with E-state index < -0.39 is 9.84 Å². The first kappa shape index (κ1) is 27.5. The molecule has 10 nitrogen and oxygen atoms in total. The summed E-state index contributed by atoms with van der Waals surface area (Å²) in [6.45, 7) is 7.04. The first-order chi connectivity index (χ1) is 19.0. The van der Waals surface area contributed by atoms with Crippen LogP contribution in [0.1, 0.15) is 34.1 Å². The number of para-hydroxylation sites is 1. The first-order valence-corrected chi connectivity index (χ1v) is 15.1. The molecule has 2 aromatic carbocycles. The van der Waals surface area contributed by atoms with E-state index >= 15 is 0 Å². The van der Waals surface area contributed by atoms with Gasteiger partial charge >= 0.3 is 0 Å². The normalized spacial score (nSPS) is 13.1. The molecule has 0 bridgehead atoms. The van der Waals surface area contributed by atoms with E-state index in [9.17, 15) is 18.0 Å². The Hall–Kier alpha value is -4.09. The van der Waals surface area contributed by atoms with Gasteiger partial charge in [0.25, 0.3) is 11.5 Å². The number of rotatable bonds is 8. The van der Waals surface area contributed by atoms with Crippen LogP contribution >= 0.6 is 0 Å². The number of nitrogens with one attached hydrogen (secondary N) is 3. The van der Waals surface area contributed by atoms with Gasteiger partial charge in [-0.2, -0.15) is 0 Å². The molecule has 1 aliphatic rings. The summed E-state index contributed by atoms with van der Waals surface area (Å²) in [5.74, 6) is 1.02. The Morgan fingerprint density at radius 3 is 2.52 bits per heavy atom. The van der Waals surface area contributed by atoms with Crippen molar-refractivity contribution in [3.05, 3.63) is 75.3 Å². The maximum absolute atomic E-state index is 13.1. The monoisotopic (exact) mass is 563 g/mol. The number of carbonyl (C=O) groups is 1. The topological polar surface area (TPSA) is 126 Å². The molecule has 0 saturated carbocycles. The Balaban J connectivity index is 1.73. The lowest BCUT2D eigenvalue weighted by molar-refractivity contribution is 0.0951. The van der Waals surface area contributed by atoms with Crippen molar-refractivity contribution >= 4 is 32.3 Å². The highest BCUT2D eigenvalue weighted by molar-refractivity contribution is 7.90. The summed E-state index contributed by atoms with van der Waals surface area (Å²) in [6, 6.07) is 11.5. The number of nitrogens with zero attached hydrogens (tertiary/aromatic N) is 2. The van der Waals surface area contributed by atoms with Crippen LogP contribution in [0.5, 0.6) is 11.5 Å². The largest absolute Gasteiger partial charge is 0.456 e. The maximum atomic E-state index is 13.1. The van der Waals surface area contributed by atoms with Gasteiger partial charge in [0.2, 0.25) is 0 Å². The predicted octanol–water partition coefficient (Wildman–Crippen LogP) is 3.56. The van der Waals surface area contributed by atoms with Crippen molar-refractivity contribution in [2.45, 2.75) is 27.3 Å². The van der Waals surface area contributed by atoms with Crippen LogP contribution in [-0.2, 0) is 23.4 Å². The molecular formula is C29H33N5O5S. The van der Waals surface area contributed by atoms with E-state index in [1.54, 1.807) is 19.3 Å². The molecule has 0 aliphatic carbocycles. The van der Waals surface area contributed by atoms with Gasteiger partial charge in [0.05, 0.1) is 11.4 Å². The average Bonchev–Trinajstić information content (AvgIpc) is 3.51. The second kappa shape index (κ2) is 10.5. The number of aromatic nitrogens is 2. The molecular weight excluding hydrogens is 530 g/mol. The molecule has 0 radical (unpaired) electrons. The second-order valence-electron chi connectivity index (χ2n) is 10.2. The Bertz CT molecular complexity index is 1790. The van der Waals surface area contributed by atoms with Crippen LogP contribution in [0.2, 0.25) is 0 Å². The lowest BCUT2D eigenvalue weighted by Crippen LogP contribution is -2.36. The number of benzene rings is 2. The Kier molecular flexibility index (Phi) is 7.19. The van der Waals surface area contributed by atoms with E-state index in [-0.39, 0.29) is 29.5 Å². The van der Waals surface area contributed by atoms with Gasteiger partial charge in [-0.25, -0.2) is 13.8 Å². The van der Waals surface area contributed by atoms with E-state index in [0.29, 0.717) is 40.9 Å². The molecule has 0 fully saturated rings. The van der Waals surface area contributed by atoms with Crippen molar-refractivity contribution in [3.63, 3.8) is 0 Å². The van der Waals surface area contributed by atoms with Gasteiger partial charge in [-0.15, -0.1) is 0 Å². The number of ether oxygens (including phenoxy) is 1. The Morgan fingerprint density at radius 2 is 1.85 bits per heavy atom. The Morgan fingerprint density at radius 1 is 1.12 bits per heavy atom. The maximum Gasteiger partial charge on any atom is 0.274 e. The second-order valence-corrected chi connectivity index (χ2v) is 12.5. The number of fused-ring (bicyclic) bond motifs is 2. The van der Waals surface area contributed by atoms with Crippen LogP contribution < -0.4 is 26.0 Å². The molecule has 4 aromatic rings. The summed E-state index contributed by atoms with van der Waals surface area (Å²) in [7, 11) is -1.51. The lowest BCUT2D eigenvalue weighted by Gasteiger charge is -2.21. The number of hydrogen-bond donors (Lipinski definition) is 3. The van der Waals surface area contributed by atoms with Crippen molar-refractivity contribution in [1.29, 1.82) is 0 Å².